The Morgan fingerprint density at radius 3 is 2.56 bits per heavy atom. The van der Waals surface area contributed by atoms with Gasteiger partial charge in [-0.1, -0.05) is 0 Å². The van der Waals surface area contributed by atoms with E-state index in [-0.39, 0.29) is 11.5 Å². The van der Waals surface area contributed by atoms with Crippen LogP contribution in [0.2, 0.25) is 0 Å². The smallest absolute Gasteiger partial charge is 0.350 e. The number of thiophene rings is 1. The molecular weight excluding hydrogens is 370 g/mol. The van der Waals surface area contributed by atoms with E-state index in [2.05, 4.69) is 5.32 Å². The fourth-order valence-electron chi connectivity index (χ4n) is 2.64. The quantitative estimate of drug-likeness (QED) is 0.486. The number of hydrogen-bond donors (Lipinski definition) is 1. The molecule has 2 aromatic rings. The first-order valence-electron chi connectivity index (χ1n) is 8.35. The Hall–Kier alpha value is -2.87. The zero-order chi connectivity index (χ0) is 19.8. The summed E-state index contributed by atoms with van der Waals surface area (Å²) in [5.41, 5.74) is 1.25. The summed E-state index contributed by atoms with van der Waals surface area (Å²) in [6.07, 6.45) is 1.26. The maximum absolute atomic E-state index is 12.0. The topological polar surface area (TPSA) is 90.9 Å². The zero-order valence-corrected chi connectivity index (χ0v) is 16.2. The van der Waals surface area contributed by atoms with Gasteiger partial charge in [0.25, 0.3) is 5.79 Å². The van der Waals surface area contributed by atoms with Crippen LogP contribution >= 0.6 is 11.3 Å². The van der Waals surface area contributed by atoms with Crippen LogP contribution in [0.25, 0.3) is 10.1 Å². The van der Waals surface area contributed by atoms with E-state index in [0.29, 0.717) is 17.2 Å². The summed E-state index contributed by atoms with van der Waals surface area (Å²) < 4.78 is 16.1. The van der Waals surface area contributed by atoms with Gasteiger partial charge >= 0.3 is 17.9 Å². The number of aryl methyl sites for hydroxylation is 1. The number of fused-ring (bicyclic) bond motifs is 1. The molecule has 1 saturated heterocycles. The molecule has 0 saturated carbocycles. The van der Waals surface area contributed by atoms with Gasteiger partial charge in [0.05, 0.1) is 6.61 Å². The lowest BCUT2D eigenvalue weighted by atomic mass is 10.1. The van der Waals surface area contributed by atoms with Crippen LogP contribution in [0.5, 0.6) is 0 Å². The minimum absolute atomic E-state index is 0.219. The zero-order valence-electron chi connectivity index (χ0n) is 15.4. The van der Waals surface area contributed by atoms with E-state index >= 15 is 0 Å². The lowest BCUT2D eigenvalue weighted by molar-refractivity contribution is -0.222. The van der Waals surface area contributed by atoms with Gasteiger partial charge in [0.15, 0.2) is 5.57 Å². The number of carbonyl (C=O) groups is 3. The van der Waals surface area contributed by atoms with Gasteiger partial charge in [-0.05, 0) is 43.0 Å². The van der Waals surface area contributed by atoms with Gasteiger partial charge < -0.3 is 19.5 Å². The summed E-state index contributed by atoms with van der Waals surface area (Å²) in [6, 6.07) is 5.48. The first kappa shape index (κ1) is 18.9. The molecule has 1 aromatic carbocycles. The lowest BCUT2D eigenvalue weighted by Crippen LogP contribution is -2.42. The van der Waals surface area contributed by atoms with Gasteiger partial charge in [0.2, 0.25) is 0 Å². The Balaban J connectivity index is 1.86. The van der Waals surface area contributed by atoms with Crippen molar-refractivity contribution >= 4 is 45.0 Å². The summed E-state index contributed by atoms with van der Waals surface area (Å²) in [5.74, 6) is -3.12. The maximum atomic E-state index is 12.0. The van der Waals surface area contributed by atoms with Crippen molar-refractivity contribution in [3.05, 3.63) is 40.4 Å². The molecule has 27 heavy (non-hydrogen) atoms. The molecule has 0 unspecified atom stereocenters. The van der Waals surface area contributed by atoms with Crippen molar-refractivity contribution in [2.45, 2.75) is 33.5 Å². The average Bonchev–Trinajstić information content (AvgIpc) is 2.90. The molecular formula is C19H19NO6S. The molecule has 2 heterocycles. The Kier molecular flexibility index (Phi) is 4.93. The highest BCUT2D eigenvalue weighted by atomic mass is 32.1. The highest BCUT2D eigenvalue weighted by Crippen LogP contribution is 2.33. The van der Waals surface area contributed by atoms with Gasteiger partial charge in [0, 0.05) is 30.4 Å². The second kappa shape index (κ2) is 7.03. The van der Waals surface area contributed by atoms with E-state index < -0.39 is 17.7 Å². The first-order valence-corrected chi connectivity index (χ1v) is 9.17. The fraction of sp³-hybridized carbons (Fsp3) is 0.316. The van der Waals surface area contributed by atoms with Gasteiger partial charge in [-0.25, -0.2) is 14.4 Å². The number of ether oxygens (including phenoxy) is 3. The second-order valence-corrected chi connectivity index (χ2v) is 7.42. The molecule has 0 amide bonds. The van der Waals surface area contributed by atoms with E-state index in [4.69, 9.17) is 14.2 Å². The highest BCUT2D eigenvalue weighted by Gasteiger charge is 2.38. The molecule has 0 aliphatic carbocycles. The number of carbonyl (C=O) groups excluding carboxylic acids is 3. The van der Waals surface area contributed by atoms with Crippen molar-refractivity contribution in [3.8, 4) is 0 Å². The number of esters is 3. The number of rotatable bonds is 4. The lowest BCUT2D eigenvalue weighted by Gasteiger charge is -2.29. The summed E-state index contributed by atoms with van der Waals surface area (Å²) in [5, 5.41) is 3.80. The molecule has 0 radical (unpaired) electrons. The number of anilines is 1. The van der Waals surface area contributed by atoms with Crippen molar-refractivity contribution in [1.82, 2.24) is 0 Å². The van der Waals surface area contributed by atoms with Gasteiger partial charge in [-0.15, -0.1) is 11.3 Å². The fourth-order valence-corrected chi connectivity index (χ4v) is 3.72. The molecule has 0 spiro atoms. The third-order valence-electron chi connectivity index (χ3n) is 3.90. The van der Waals surface area contributed by atoms with Crippen LogP contribution in [-0.4, -0.2) is 30.3 Å². The van der Waals surface area contributed by atoms with E-state index in [9.17, 15) is 14.4 Å². The number of benzene rings is 1. The normalized spacial score (nSPS) is 15.9. The van der Waals surface area contributed by atoms with Gasteiger partial charge in [0.1, 0.15) is 4.88 Å². The van der Waals surface area contributed by atoms with Crippen LogP contribution in [0.15, 0.2) is 30.0 Å². The molecule has 142 valence electrons. The minimum Gasteiger partial charge on any atom is -0.462 e. The summed E-state index contributed by atoms with van der Waals surface area (Å²) in [7, 11) is 0. The minimum atomic E-state index is -1.28. The van der Waals surface area contributed by atoms with E-state index in [0.717, 1.165) is 15.6 Å². The van der Waals surface area contributed by atoms with E-state index in [1.807, 2.05) is 19.1 Å². The molecule has 1 aliphatic heterocycles. The first-order chi connectivity index (χ1) is 12.7. The van der Waals surface area contributed by atoms with Crippen LogP contribution in [0, 0.1) is 6.92 Å². The van der Waals surface area contributed by atoms with Crippen molar-refractivity contribution in [2.75, 3.05) is 11.9 Å². The number of hydrogen-bond acceptors (Lipinski definition) is 8. The molecule has 0 atom stereocenters. The summed E-state index contributed by atoms with van der Waals surface area (Å²) in [6.45, 7) is 6.91. The molecule has 3 rings (SSSR count). The summed E-state index contributed by atoms with van der Waals surface area (Å²) >= 11 is 1.36. The van der Waals surface area contributed by atoms with Crippen molar-refractivity contribution in [3.63, 3.8) is 0 Å². The predicted molar refractivity (Wildman–Crippen MR) is 100 cm³/mol. The van der Waals surface area contributed by atoms with Crippen molar-refractivity contribution in [1.29, 1.82) is 0 Å². The summed E-state index contributed by atoms with van der Waals surface area (Å²) in [4.78, 5) is 36.5. The van der Waals surface area contributed by atoms with Gasteiger partial charge in [-0.2, -0.15) is 0 Å². The van der Waals surface area contributed by atoms with Crippen LogP contribution in [0.4, 0.5) is 5.69 Å². The molecule has 1 N–H and O–H groups in total. The Bertz CT molecular complexity index is 950. The molecule has 7 nitrogen and oxygen atoms in total. The Morgan fingerprint density at radius 1 is 1.26 bits per heavy atom. The molecule has 1 fully saturated rings. The highest BCUT2D eigenvalue weighted by molar-refractivity contribution is 7.21. The third-order valence-corrected chi connectivity index (χ3v) is 5.15. The third kappa shape index (κ3) is 3.80. The van der Waals surface area contributed by atoms with Crippen molar-refractivity contribution in [2.24, 2.45) is 0 Å². The van der Waals surface area contributed by atoms with Crippen LogP contribution in [0.1, 0.15) is 36.0 Å². The molecule has 0 bridgehead atoms. The SMILES string of the molecule is CCOC(=O)c1sc2ccc(NC=C3C(=O)OC(C)(C)OC3=O)cc2c1C. The van der Waals surface area contributed by atoms with Gasteiger partial charge in [-0.3, -0.25) is 0 Å². The van der Waals surface area contributed by atoms with Crippen molar-refractivity contribution < 1.29 is 28.6 Å². The number of cyclic esters (lactones) is 2. The Morgan fingerprint density at radius 2 is 1.93 bits per heavy atom. The standard InChI is InChI=1S/C19H19NO6S/c1-5-24-18(23)15-10(2)12-8-11(6-7-14(12)27-15)20-9-13-16(21)25-19(3,4)26-17(13)22/h6-9,20H,5H2,1-4H3. The molecule has 1 aromatic heterocycles. The predicted octanol–water partition coefficient (Wildman–Crippen LogP) is 3.52. The molecule has 8 heteroatoms. The number of nitrogens with one attached hydrogen (secondary N) is 1. The van der Waals surface area contributed by atoms with Crippen LogP contribution < -0.4 is 5.32 Å². The average molecular weight is 389 g/mol. The Labute approximate surface area is 159 Å². The maximum Gasteiger partial charge on any atom is 0.350 e. The van der Waals surface area contributed by atoms with Crippen LogP contribution in [0.3, 0.4) is 0 Å². The monoisotopic (exact) mass is 389 g/mol. The largest absolute Gasteiger partial charge is 0.462 e. The molecule has 1 aliphatic rings. The second-order valence-electron chi connectivity index (χ2n) is 6.37. The van der Waals surface area contributed by atoms with Crippen LogP contribution in [-0.2, 0) is 23.8 Å². The van der Waals surface area contributed by atoms with E-state index in [1.165, 1.54) is 31.4 Å². The van der Waals surface area contributed by atoms with E-state index in [1.54, 1.807) is 13.0 Å².